The van der Waals surface area contributed by atoms with Gasteiger partial charge in [-0.2, -0.15) is 0 Å². The number of hydrogen-bond donors (Lipinski definition) is 0. The monoisotopic (exact) mass is 290 g/mol. The van der Waals surface area contributed by atoms with Crippen molar-refractivity contribution >= 4 is 0 Å². The average molecular weight is 290 g/mol. The van der Waals surface area contributed by atoms with Crippen molar-refractivity contribution in [3.63, 3.8) is 0 Å². The summed E-state index contributed by atoms with van der Waals surface area (Å²) in [6.07, 6.45) is 1.95. The lowest BCUT2D eigenvalue weighted by molar-refractivity contribution is 0.984. The molecule has 0 saturated heterocycles. The van der Waals surface area contributed by atoms with Gasteiger partial charge in [-0.05, 0) is 45.7 Å². The Hall–Kier alpha value is -2.35. The lowest BCUT2D eigenvalue weighted by Gasteiger charge is -2.17. The van der Waals surface area contributed by atoms with E-state index >= 15 is 0 Å². The maximum absolute atomic E-state index is 4.66. The number of aromatic nitrogens is 2. The molecule has 112 valence electrons. The topological polar surface area (TPSA) is 17.8 Å². The molecule has 0 spiro atoms. The predicted octanol–water partition coefficient (Wildman–Crippen LogP) is 5.08. The molecule has 2 heteroatoms. The molecule has 0 fully saturated rings. The molecule has 0 atom stereocenters. The van der Waals surface area contributed by atoms with E-state index in [4.69, 9.17) is 0 Å². The van der Waals surface area contributed by atoms with Crippen LogP contribution in [0.3, 0.4) is 0 Å². The van der Waals surface area contributed by atoms with Crippen LogP contribution in [0.5, 0.6) is 0 Å². The SMILES string of the molecule is Cc1ccc(-c2ncc(C)n2-c2c(C)cc(C)cc2C)cc1. The van der Waals surface area contributed by atoms with Crippen LogP contribution in [-0.4, -0.2) is 9.55 Å². The van der Waals surface area contributed by atoms with Crippen LogP contribution in [-0.2, 0) is 0 Å². The van der Waals surface area contributed by atoms with Crippen LogP contribution in [0.15, 0.2) is 42.6 Å². The fraction of sp³-hybridized carbons (Fsp3) is 0.250. The molecular formula is C20H22N2. The first kappa shape index (κ1) is 14.6. The van der Waals surface area contributed by atoms with Crippen molar-refractivity contribution < 1.29 is 0 Å². The van der Waals surface area contributed by atoms with E-state index in [0.717, 1.165) is 17.1 Å². The fourth-order valence-corrected chi connectivity index (χ4v) is 3.15. The quantitative estimate of drug-likeness (QED) is 0.643. The van der Waals surface area contributed by atoms with Crippen LogP contribution in [0.1, 0.15) is 27.9 Å². The summed E-state index contributed by atoms with van der Waals surface area (Å²) in [7, 11) is 0. The summed E-state index contributed by atoms with van der Waals surface area (Å²) < 4.78 is 2.27. The third kappa shape index (κ3) is 2.45. The molecule has 0 N–H and O–H groups in total. The van der Waals surface area contributed by atoms with Gasteiger partial charge in [-0.15, -0.1) is 0 Å². The molecule has 0 saturated carbocycles. The van der Waals surface area contributed by atoms with E-state index in [9.17, 15) is 0 Å². The van der Waals surface area contributed by atoms with Gasteiger partial charge in [0.15, 0.2) is 0 Å². The Labute approximate surface area is 132 Å². The minimum Gasteiger partial charge on any atom is -0.297 e. The minimum absolute atomic E-state index is 1.01. The van der Waals surface area contributed by atoms with Crippen molar-refractivity contribution in [1.82, 2.24) is 9.55 Å². The second-order valence-corrected chi connectivity index (χ2v) is 6.17. The van der Waals surface area contributed by atoms with Gasteiger partial charge in [-0.1, -0.05) is 47.5 Å². The highest BCUT2D eigenvalue weighted by Gasteiger charge is 2.15. The summed E-state index contributed by atoms with van der Waals surface area (Å²) in [4.78, 5) is 4.66. The number of imidazole rings is 1. The lowest BCUT2D eigenvalue weighted by atomic mass is 10.0. The molecule has 3 aromatic rings. The van der Waals surface area contributed by atoms with Crippen molar-refractivity contribution in [2.45, 2.75) is 34.6 Å². The van der Waals surface area contributed by atoms with Crippen LogP contribution < -0.4 is 0 Å². The maximum Gasteiger partial charge on any atom is 0.144 e. The van der Waals surface area contributed by atoms with E-state index in [-0.39, 0.29) is 0 Å². The average Bonchev–Trinajstić information content (AvgIpc) is 2.81. The Bertz CT molecular complexity index is 800. The minimum atomic E-state index is 1.01. The van der Waals surface area contributed by atoms with Gasteiger partial charge in [0.1, 0.15) is 5.82 Å². The molecule has 0 aliphatic rings. The third-order valence-electron chi connectivity index (χ3n) is 4.11. The first-order valence-electron chi connectivity index (χ1n) is 7.67. The first-order chi connectivity index (χ1) is 10.5. The molecule has 0 amide bonds. The van der Waals surface area contributed by atoms with Gasteiger partial charge in [0.2, 0.25) is 0 Å². The van der Waals surface area contributed by atoms with Crippen LogP contribution in [0.4, 0.5) is 0 Å². The predicted molar refractivity (Wildman–Crippen MR) is 92.7 cm³/mol. The van der Waals surface area contributed by atoms with Gasteiger partial charge < -0.3 is 0 Å². The molecule has 1 aromatic heterocycles. The van der Waals surface area contributed by atoms with Crippen LogP contribution >= 0.6 is 0 Å². The van der Waals surface area contributed by atoms with Crippen molar-refractivity contribution in [2.24, 2.45) is 0 Å². The highest BCUT2D eigenvalue weighted by molar-refractivity contribution is 5.63. The summed E-state index contributed by atoms with van der Waals surface area (Å²) in [6, 6.07) is 13.0. The zero-order chi connectivity index (χ0) is 15.9. The van der Waals surface area contributed by atoms with Gasteiger partial charge >= 0.3 is 0 Å². The molecule has 1 heterocycles. The molecule has 0 radical (unpaired) electrons. The molecule has 0 aliphatic carbocycles. The largest absolute Gasteiger partial charge is 0.297 e. The molecule has 22 heavy (non-hydrogen) atoms. The van der Waals surface area contributed by atoms with Crippen LogP contribution in [0, 0.1) is 34.6 Å². The van der Waals surface area contributed by atoms with E-state index in [0.29, 0.717) is 0 Å². The van der Waals surface area contributed by atoms with Gasteiger partial charge in [-0.3, -0.25) is 4.57 Å². The van der Waals surface area contributed by atoms with Crippen molar-refractivity contribution in [3.8, 4) is 17.1 Å². The maximum atomic E-state index is 4.66. The van der Waals surface area contributed by atoms with E-state index < -0.39 is 0 Å². The smallest absolute Gasteiger partial charge is 0.144 e. The number of nitrogens with zero attached hydrogens (tertiary/aromatic N) is 2. The molecule has 3 rings (SSSR count). The van der Waals surface area contributed by atoms with Crippen molar-refractivity contribution in [1.29, 1.82) is 0 Å². The normalized spacial score (nSPS) is 11.0. The van der Waals surface area contributed by atoms with Gasteiger partial charge in [0, 0.05) is 17.5 Å². The standard InChI is InChI=1S/C20H22N2/c1-13-6-8-18(9-7-13)20-21-12-17(5)22(20)19-15(3)10-14(2)11-16(19)4/h6-12H,1-5H3. The highest BCUT2D eigenvalue weighted by atomic mass is 15.1. The van der Waals surface area contributed by atoms with Crippen LogP contribution in [0.25, 0.3) is 17.1 Å². The summed E-state index contributed by atoms with van der Waals surface area (Å²) in [5, 5.41) is 0. The number of aryl methyl sites for hydroxylation is 5. The van der Waals surface area contributed by atoms with E-state index in [1.54, 1.807) is 0 Å². The van der Waals surface area contributed by atoms with Crippen molar-refractivity contribution in [2.75, 3.05) is 0 Å². The van der Waals surface area contributed by atoms with E-state index in [1.165, 1.54) is 27.9 Å². The fourth-order valence-electron chi connectivity index (χ4n) is 3.15. The zero-order valence-corrected chi connectivity index (χ0v) is 13.9. The number of benzene rings is 2. The Balaban J connectivity index is 2.25. The first-order valence-corrected chi connectivity index (χ1v) is 7.67. The number of hydrogen-bond acceptors (Lipinski definition) is 1. The van der Waals surface area contributed by atoms with E-state index in [1.807, 2.05) is 6.20 Å². The lowest BCUT2D eigenvalue weighted by Crippen LogP contribution is -2.05. The Morgan fingerprint density at radius 1 is 0.773 bits per heavy atom. The Kier molecular flexibility index (Phi) is 3.61. The molecular weight excluding hydrogens is 268 g/mol. The molecule has 0 aliphatic heterocycles. The highest BCUT2D eigenvalue weighted by Crippen LogP contribution is 2.29. The van der Waals surface area contributed by atoms with Crippen LogP contribution in [0.2, 0.25) is 0 Å². The van der Waals surface area contributed by atoms with Crippen molar-refractivity contribution in [3.05, 3.63) is 70.5 Å². The zero-order valence-electron chi connectivity index (χ0n) is 13.9. The summed E-state index contributed by atoms with van der Waals surface area (Å²) in [6.45, 7) is 10.7. The van der Waals surface area contributed by atoms with Gasteiger partial charge in [0.05, 0.1) is 5.69 Å². The molecule has 2 aromatic carbocycles. The second kappa shape index (κ2) is 5.45. The molecule has 2 nitrogen and oxygen atoms in total. The third-order valence-corrected chi connectivity index (χ3v) is 4.11. The molecule has 0 unspecified atom stereocenters. The van der Waals surface area contributed by atoms with Gasteiger partial charge in [-0.25, -0.2) is 4.98 Å². The van der Waals surface area contributed by atoms with Gasteiger partial charge in [0.25, 0.3) is 0 Å². The molecule has 0 bridgehead atoms. The Morgan fingerprint density at radius 3 is 1.95 bits per heavy atom. The van der Waals surface area contributed by atoms with E-state index in [2.05, 4.69) is 80.6 Å². The Morgan fingerprint density at radius 2 is 1.36 bits per heavy atom. The summed E-state index contributed by atoms with van der Waals surface area (Å²) >= 11 is 0. The summed E-state index contributed by atoms with van der Waals surface area (Å²) in [5.41, 5.74) is 8.69. The second-order valence-electron chi connectivity index (χ2n) is 6.17. The summed E-state index contributed by atoms with van der Waals surface area (Å²) in [5.74, 6) is 1.01. The number of rotatable bonds is 2.